The predicted octanol–water partition coefficient (Wildman–Crippen LogP) is 2.46. The van der Waals surface area contributed by atoms with Crippen LogP contribution in [0.15, 0.2) is 0 Å². The van der Waals surface area contributed by atoms with Gasteiger partial charge in [-0.25, -0.2) is 9.97 Å². The molecule has 1 aromatic rings. The van der Waals surface area contributed by atoms with Crippen LogP contribution in [-0.2, 0) is 6.54 Å². The first-order valence-electron chi connectivity index (χ1n) is 6.16. The largest absolute Gasteiger partial charge is 0.326 e. The second kappa shape index (κ2) is 4.50. The van der Waals surface area contributed by atoms with Crippen LogP contribution in [0, 0.1) is 19.8 Å². The lowest BCUT2D eigenvalue weighted by Crippen LogP contribution is -2.11. The number of aromatic nitrogens is 2. The van der Waals surface area contributed by atoms with Crippen LogP contribution in [0.1, 0.15) is 54.9 Å². The molecule has 1 aromatic heterocycles. The van der Waals surface area contributed by atoms with Gasteiger partial charge in [-0.1, -0.05) is 6.92 Å². The Hall–Kier alpha value is -0.960. The predicted molar refractivity (Wildman–Crippen MR) is 65.2 cm³/mol. The zero-order valence-corrected chi connectivity index (χ0v) is 10.5. The molecule has 3 heteroatoms. The Labute approximate surface area is 97.5 Å². The fourth-order valence-corrected chi connectivity index (χ4v) is 2.69. The highest BCUT2D eigenvalue weighted by Crippen LogP contribution is 2.36. The van der Waals surface area contributed by atoms with Crippen LogP contribution in [0.2, 0.25) is 0 Å². The van der Waals surface area contributed by atoms with Gasteiger partial charge in [-0.2, -0.15) is 0 Å². The molecule has 1 heterocycles. The molecule has 2 rings (SSSR count). The lowest BCUT2D eigenvalue weighted by atomic mass is 10.0. The average molecular weight is 219 g/mol. The molecular formula is C13H21N3. The van der Waals surface area contributed by atoms with Crippen LogP contribution in [0.4, 0.5) is 0 Å². The van der Waals surface area contributed by atoms with Gasteiger partial charge in [0.15, 0.2) is 0 Å². The molecule has 1 saturated carbocycles. The van der Waals surface area contributed by atoms with Crippen LogP contribution >= 0.6 is 0 Å². The molecule has 0 radical (unpaired) electrons. The summed E-state index contributed by atoms with van der Waals surface area (Å²) in [6.07, 6.45) is 3.79. The third kappa shape index (κ3) is 2.09. The average Bonchev–Trinajstić information content (AvgIpc) is 2.64. The molecule has 2 N–H and O–H groups in total. The van der Waals surface area contributed by atoms with E-state index in [9.17, 15) is 0 Å². The van der Waals surface area contributed by atoms with Gasteiger partial charge >= 0.3 is 0 Å². The third-order valence-electron chi connectivity index (χ3n) is 3.70. The molecule has 0 spiro atoms. The fraction of sp³-hybridized carbons (Fsp3) is 0.692. The molecule has 0 aromatic carbocycles. The minimum atomic E-state index is 0.541. The van der Waals surface area contributed by atoms with Crippen LogP contribution in [0.5, 0.6) is 0 Å². The van der Waals surface area contributed by atoms with Gasteiger partial charge in [0.25, 0.3) is 0 Å². The number of nitrogens with two attached hydrogens (primary N) is 1. The highest BCUT2D eigenvalue weighted by atomic mass is 14.9. The van der Waals surface area contributed by atoms with Crippen LogP contribution in [-0.4, -0.2) is 9.97 Å². The zero-order chi connectivity index (χ0) is 11.7. The van der Waals surface area contributed by atoms with Gasteiger partial charge in [0.05, 0.1) is 0 Å². The van der Waals surface area contributed by atoms with E-state index in [4.69, 9.17) is 5.73 Å². The topological polar surface area (TPSA) is 51.8 Å². The maximum Gasteiger partial charge on any atom is 0.131 e. The van der Waals surface area contributed by atoms with E-state index in [0.717, 1.165) is 28.7 Å². The number of hydrogen-bond acceptors (Lipinski definition) is 3. The molecule has 0 saturated heterocycles. The van der Waals surface area contributed by atoms with Crippen molar-refractivity contribution < 1.29 is 0 Å². The van der Waals surface area contributed by atoms with Gasteiger partial charge in [-0.15, -0.1) is 0 Å². The Balaban J connectivity index is 2.29. The lowest BCUT2D eigenvalue weighted by Gasteiger charge is -2.13. The summed E-state index contributed by atoms with van der Waals surface area (Å²) in [7, 11) is 0. The first kappa shape index (κ1) is 11.5. The van der Waals surface area contributed by atoms with Gasteiger partial charge in [0.2, 0.25) is 0 Å². The van der Waals surface area contributed by atoms with Crippen molar-refractivity contribution in [3.8, 4) is 0 Å². The Morgan fingerprint density at radius 3 is 2.25 bits per heavy atom. The minimum Gasteiger partial charge on any atom is -0.326 e. The Bertz CT molecular complexity index is 364. The molecule has 16 heavy (non-hydrogen) atoms. The lowest BCUT2D eigenvalue weighted by molar-refractivity contribution is 0.582. The summed E-state index contributed by atoms with van der Waals surface area (Å²) in [5, 5.41) is 0. The van der Waals surface area contributed by atoms with Gasteiger partial charge < -0.3 is 5.73 Å². The third-order valence-corrected chi connectivity index (χ3v) is 3.70. The van der Waals surface area contributed by atoms with E-state index in [1.54, 1.807) is 0 Å². The summed E-state index contributed by atoms with van der Waals surface area (Å²) in [6, 6.07) is 0. The molecule has 2 atom stereocenters. The second-order valence-corrected chi connectivity index (χ2v) is 5.05. The van der Waals surface area contributed by atoms with Crippen LogP contribution in [0.25, 0.3) is 0 Å². The minimum absolute atomic E-state index is 0.541. The molecule has 1 aliphatic carbocycles. The summed E-state index contributed by atoms with van der Waals surface area (Å²) in [4.78, 5) is 9.26. The monoisotopic (exact) mass is 219 g/mol. The molecule has 0 aliphatic heterocycles. The van der Waals surface area contributed by atoms with Crippen molar-refractivity contribution in [2.75, 3.05) is 0 Å². The summed E-state index contributed by atoms with van der Waals surface area (Å²) >= 11 is 0. The maximum atomic E-state index is 5.70. The van der Waals surface area contributed by atoms with Crippen molar-refractivity contribution in [3.63, 3.8) is 0 Å². The van der Waals surface area contributed by atoms with Gasteiger partial charge in [0, 0.05) is 29.4 Å². The van der Waals surface area contributed by atoms with Crippen molar-refractivity contribution in [2.24, 2.45) is 11.7 Å². The summed E-state index contributed by atoms with van der Waals surface area (Å²) in [5.41, 5.74) is 8.92. The fourth-order valence-electron chi connectivity index (χ4n) is 2.69. The molecule has 1 fully saturated rings. The number of hydrogen-bond donors (Lipinski definition) is 1. The quantitative estimate of drug-likeness (QED) is 0.831. The first-order chi connectivity index (χ1) is 7.61. The highest BCUT2D eigenvalue weighted by molar-refractivity contribution is 5.25. The van der Waals surface area contributed by atoms with Crippen molar-refractivity contribution >= 4 is 0 Å². The summed E-state index contributed by atoms with van der Waals surface area (Å²) < 4.78 is 0. The van der Waals surface area contributed by atoms with Gasteiger partial charge in [0.1, 0.15) is 5.82 Å². The van der Waals surface area contributed by atoms with Crippen molar-refractivity contribution in [3.05, 3.63) is 22.8 Å². The zero-order valence-electron chi connectivity index (χ0n) is 10.5. The number of nitrogens with zero attached hydrogens (tertiary/aromatic N) is 2. The Morgan fingerprint density at radius 2 is 1.81 bits per heavy atom. The second-order valence-electron chi connectivity index (χ2n) is 5.05. The van der Waals surface area contributed by atoms with E-state index in [2.05, 4.69) is 16.9 Å². The molecule has 88 valence electrons. The van der Waals surface area contributed by atoms with Gasteiger partial charge in [-0.05, 0) is 39.0 Å². The van der Waals surface area contributed by atoms with E-state index in [-0.39, 0.29) is 0 Å². The summed E-state index contributed by atoms with van der Waals surface area (Å²) in [5.74, 6) is 2.43. The molecule has 3 nitrogen and oxygen atoms in total. The highest BCUT2D eigenvalue weighted by Gasteiger charge is 2.25. The van der Waals surface area contributed by atoms with E-state index in [1.807, 2.05) is 13.8 Å². The maximum absolute atomic E-state index is 5.70. The number of aryl methyl sites for hydroxylation is 2. The molecule has 0 bridgehead atoms. The molecular weight excluding hydrogens is 198 g/mol. The Morgan fingerprint density at radius 1 is 1.19 bits per heavy atom. The van der Waals surface area contributed by atoms with E-state index < -0.39 is 0 Å². The standard InChI is InChI=1S/C13H21N3/c1-8-4-5-11(6-8)13-15-9(2)12(7-14)10(3)16-13/h8,11H,4-7,14H2,1-3H3. The first-order valence-corrected chi connectivity index (χ1v) is 6.16. The van der Waals surface area contributed by atoms with Crippen molar-refractivity contribution in [2.45, 2.75) is 52.5 Å². The summed E-state index contributed by atoms with van der Waals surface area (Å²) in [6.45, 7) is 6.94. The normalized spacial score (nSPS) is 25.0. The van der Waals surface area contributed by atoms with E-state index in [1.165, 1.54) is 19.3 Å². The van der Waals surface area contributed by atoms with Crippen LogP contribution < -0.4 is 5.73 Å². The van der Waals surface area contributed by atoms with Gasteiger partial charge in [-0.3, -0.25) is 0 Å². The smallest absolute Gasteiger partial charge is 0.131 e. The SMILES string of the molecule is Cc1nc(C2CCC(C)C2)nc(C)c1CN. The molecule has 1 aliphatic rings. The van der Waals surface area contributed by atoms with E-state index in [0.29, 0.717) is 12.5 Å². The molecule has 0 amide bonds. The van der Waals surface area contributed by atoms with Crippen molar-refractivity contribution in [1.82, 2.24) is 9.97 Å². The van der Waals surface area contributed by atoms with Crippen molar-refractivity contribution in [1.29, 1.82) is 0 Å². The van der Waals surface area contributed by atoms with E-state index >= 15 is 0 Å². The molecule has 2 unspecified atom stereocenters. The Kier molecular flexibility index (Phi) is 3.24. The van der Waals surface area contributed by atoms with Crippen LogP contribution in [0.3, 0.4) is 0 Å². The number of rotatable bonds is 2.